The number of rotatable bonds is 6. The molecule has 0 radical (unpaired) electrons. The molecular weight excluding hydrogens is 348 g/mol. The van der Waals surface area contributed by atoms with Crippen molar-refractivity contribution in [2.45, 2.75) is 25.6 Å². The van der Waals surface area contributed by atoms with Crippen LogP contribution in [0.3, 0.4) is 0 Å². The molecule has 1 atom stereocenters. The molecule has 0 fully saturated rings. The lowest BCUT2D eigenvalue weighted by atomic mass is 10.1. The van der Waals surface area contributed by atoms with E-state index in [0.717, 1.165) is 30.4 Å². The van der Waals surface area contributed by atoms with Crippen LogP contribution < -0.4 is 4.72 Å². The van der Waals surface area contributed by atoms with E-state index in [4.69, 9.17) is 11.6 Å². The van der Waals surface area contributed by atoms with Gasteiger partial charge < -0.3 is 0 Å². The molecule has 8 heteroatoms. The number of sulfonamides is 1. The van der Waals surface area contributed by atoms with Gasteiger partial charge in [0.25, 0.3) is 0 Å². The molecule has 0 amide bonds. The number of halogens is 1. The van der Waals surface area contributed by atoms with Crippen molar-refractivity contribution in [3.05, 3.63) is 52.8 Å². The summed E-state index contributed by atoms with van der Waals surface area (Å²) in [6.07, 6.45) is 3.68. The van der Waals surface area contributed by atoms with E-state index < -0.39 is 10.0 Å². The fraction of sp³-hybridized carbons (Fsp3) is 0.438. The maximum atomic E-state index is 11.2. The molecule has 1 aliphatic rings. The molecule has 0 spiro atoms. The van der Waals surface area contributed by atoms with Gasteiger partial charge >= 0.3 is 0 Å². The molecule has 6 nitrogen and oxygen atoms in total. The third kappa shape index (κ3) is 4.57. The van der Waals surface area contributed by atoms with E-state index in [9.17, 15) is 8.42 Å². The Kier molecular flexibility index (Phi) is 5.24. The van der Waals surface area contributed by atoms with Gasteiger partial charge in [-0.2, -0.15) is 5.10 Å². The van der Waals surface area contributed by atoms with Crippen molar-refractivity contribution in [3.8, 4) is 0 Å². The van der Waals surface area contributed by atoms with Gasteiger partial charge in [0.05, 0.1) is 18.0 Å². The normalized spacial score (nSPS) is 18.5. The maximum Gasteiger partial charge on any atom is 0.208 e. The Labute approximate surface area is 147 Å². The smallest absolute Gasteiger partial charge is 0.208 e. The summed E-state index contributed by atoms with van der Waals surface area (Å²) in [6, 6.07) is 10.0. The first-order valence-corrected chi connectivity index (χ1v) is 10.1. The Hall–Kier alpha value is -1.41. The summed E-state index contributed by atoms with van der Waals surface area (Å²) in [4.78, 5) is 2.34. The van der Waals surface area contributed by atoms with Gasteiger partial charge in [0.2, 0.25) is 10.0 Å². The molecule has 0 saturated carbocycles. The van der Waals surface area contributed by atoms with E-state index in [1.54, 1.807) is 6.20 Å². The van der Waals surface area contributed by atoms with Gasteiger partial charge in [0.1, 0.15) is 0 Å². The minimum absolute atomic E-state index is 0.150. The van der Waals surface area contributed by atoms with Gasteiger partial charge in [-0.15, -0.1) is 0 Å². The van der Waals surface area contributed by atoms with Crippen LogP contribution in [0.5, 0.6) is 0 Å². The summed E-state index contributed by atoms with van der Waals surface area (Å²) < 4.78 is 27.1. The van der Waals surface area contributed by atoms with Gasteiger partial charge in [0.15, 0.2) is 0 Å². The molecule has 24 heavy (non-hydrogen) atoms. The third-order valence-electron chi connectivity index (χ3n) is 4.09. The zero-order valence-corrected chi connectivity index (χ0v) is 15.1. The fourth-order valence-electron chi connectivity index (χ4n) is 3.10. The summed E-state index contributed by atoms with van der Waals surface area (Å²) in [6.45, 7) is 2.87. The predicted octanol–water partition coefficient (Wildman–Crippen LogP) is 2.03. The first-order chi connectivity index (χ1) is 11.4. The number of fused-ring (bicyclic) bond motifs is 1. The Morgan fingerprint density at radius 2 is 2.21 bits per heavy atom. The Morgan fingerprint density at radius 3 is 2.96 bits per heavy atom. The van der Waals surface area contributed by atoms with Crippen LogP contribution in [0.4, 0.5) is 0 Å². The highest BCUT2D eigenvalue weighted by molar-refractivity contribution is 7.88. The van der Waals surface area contributed by atoms with Crippen molar-refractivity contribution >= 4 is 21.6 Å². The molecule has 1 N–H and O–H groups in total. The minimum atomic E-state index is -3.16. The van der Waals surface area contributed by atoms with Crippen molar-refractivity contribution in [2.24, 2.45) is 0 Å². The topological polar surface area (TPSA) is 67.2 Å². The predicted molar refractivity (Wildman–Crippen MR) is 94.3 cm³/mol. The second-order valence-electron chi connectivity index (χ2n) is 6.18. The average Bonchev–Trinajstić information content (AvgIpc) is 2.94. The largest absolute Gasteiger partial charge is 0.291 e. The quantitative estimate of drug-likeness (QED) is 0.847. The monoisotopic (exact) mass is 368 g/mol. The number of nitrogens with one attached hydrogen (secondary N) is 1. The highest BCUT2D eigenvalue weighted by Crippen LogP contribution is 2.24. The number of nitrogens with zero attached hydrogens (tertiary/aromatic N) is 3. The molecule has 0 bridgehead atoms. The van der Waals surface area contributed by atoms with Crippen LogP contribution >= 0.6 is 11.6 Å². The molecule has 1 aromatic heterocycles. The molecule has 1 unspecified atom stereocenters. The van der Waals surface area contributed by atoms with Gasteiger partial charge in [-0.3, -0.25) is 9.58 Å². The molecule has 0 saturated heterocycles. The highest BCUT2D eigenvalue weighted by Gasteiger charge is 2.25. The summed E-state index contributed by atoms with van der Waals surface area (Å²) in [5.74, 6) is 0. The number of benzene rings is 1. The van der Waals surface area contributed by atoms with E-state index in [2.05, 4.69) is 20.8 Å². The van der Waals surface area contributed by atoms with Gasteiger partial charge in [-0.05, 0) is 30.2 Å². The van der Waals surface area contributed by atoms with E-state index in [1.165, 1.54) is 11.8 Å². The molecule has 130 valence electrons. The summed E-state index contributed by atoms with van der Waals surface area (Å²) in [7, 11) is -3.16. The third-order valence-corrected chi connectivity index (χ3v) is 5.05. The summed E-state index contributed by atoms with van der Waals surface area (Å²) >= 11 is 6.07. The first-order valence-electron chi connectivity index (χ1n) is 7.84. The first kappa shape index (κ1) is 17.4. The van der Waals surface area contributed by atoms with Gasteiger partial charge in [-0.25, -0.2) is 13.1 Å². The number of hydrogen-bond acceptors (Lipinski definition) is 4. The van der Waals surface area contributed by atoms with Gasteiger partial charge in [0, 0.05) is 37.4 Å². The number of hydrogen-bond donors (Lipinski definition) is 1. The lowest BCUT2D eigenvalue weighted by Crippen LogP contribution is -2.38. The van der Waals surface area contributed by atoms with Crippen LogP contribution in [0, 0.1) is 0 Å². The Balaban J connectivity index is 1.68. The van der Waals surface area contributed by atoms with E-state index >= 15 is 0 Å². The van der Waals surface area contributed by atoms with E-state index in [0.29, 0.717) is 13.0 Å². The number of aromatic nitrogens is 2. The van der Waals surface area contributed by atoms with Crippen molar-refractivity contribution in [3.63, 3.8) is 0 Å². The minimum Gasteiger partial charge on any atom is -0.291 e. The van der Waals surface area contributed by atoms with Crippen molar-refractivity contribution in [1.29, 1.82) is 0 Å². The SMILES string of the molecule is CS(=O)(=O)NCCC1CN(Cc2cccc(Cl)c2)Cc2ccnn21. The van der Waals surface area contributed by atoms with E-state index in [-0.39, 0.29) is 6.04 Å². The van der Waals surface area contributed by atoms with Crippen molar-refractivity contribution in [1.82, 2.24) is 19.4 Å². The van der Waals surface area contributed by atoms with Crippen LogP contribution in [0.1, 0.15) is 23.7 Å². The zero-order chi connectivity index (χ0) is 17.2. The summed E-state index contributed by atoms with van der Waals surface area (Å²) in [5.41, 5.74) is 2.32. The lowest BCUT2D eigenvalue weighted by Gasteiger charge is -2.34. The lowest BCUT2D eigenvalue weighted by molar-refractivity contribution is 0.162. The molecule has 2 aromatic rings. The molecule has 0 aliphatic carbocycles. The molecule has 3 rings (SSSR count). The Morgan fingerprint density at radius 1 is 1.38 bits per heavy atom. The van der Waals surface area contributed by atoms with Crippen LogP contribution in [-0.2, 0) is 23.1 Å². The van der Waals surface area contributed by atoms with E-state index in [1.807, 2.05) is 28.9 Å². The van der Waals surface area contributed by atoms with Crippen LogP contribution in [-0.4, -0.2) is 42.4 Å². The maximum absolute atomic E-state index is 11.2. The Bertz CT molecular complexity index is 806. The summed E-state index contributed by atoms with van der Waals surface area (Å²) in [5, 5.41) is 5.14. The average molecular weight is 369 g/mol. The van der Waals surface area contributed by atoms with Crippen LogP contribution in [0.15, 0.2) is 36.5 Å². The second-order valence-corrected chi connectivity index (χ2v) is 8.45. The molecule has 2 heterocycles. The van der Waals surface area contributed by atoms with Crippen molar-refractivity contribution in [2.75, 3.05) is 19.3 Å². The molecular formula is C16H21ClN4O2S. The zero-order valence-electron chi connectivity index (χ0n) is 13.5. The van der Waals surface area contributed by atoms with Crippen molar-refractivity contribution < 1.29 is 8.42 Å². The highest BCUT2D eigenvalue weighted by atomic mass is 35.5. The second kappa shape index (κ2) is 7.23. The van der Waals surface area contributed by atoms with Gasteiger partial charge in [-0.1, -0.05) is 23.7 Å². The van der Waals surface area contributed by atoms with Crippen LogP contribution in [0.2, 0.25) is 5.02 Å². The fourth-order valence-corrected chi connectivity index (χ4v) is 3.80. The van der Waals surface area contributed by atoms with Crippen LogP contribution in [0.25, 0.3) is 0 Å². The standard InChI is InChI=1S/C16H21ClN4O2S/c1-24(22,23)19-8-6-16-12-20(11-15-5-7-18-21(15)16)10-13-3-2-4-14(17)9-13/h2-5,7,9,16,19H,6,8,10-12H2,1H3. The molecule has 1 aliphatic heterocycles. The molecule has 1 aromatic carbocycles.